The summed E-state index contributed by atoms with van der Waals surface area (Å²) in [5.41, 5.74) is 2.64. The third kappa shape index (κ3) is 4.13. The molecule has 4 heterocycles. The van der Waals surface area contributed by atoms with Crippen molar-refractivity contribution in [3.63, 3.8) is 0 Å². The van der Waals surface area contributed by atoms with Crippen molar-refractivity contribution in [1.82, 2.24) is 15.2 Å². The zero-order valence-corrected chi connectivity index (χ0v) is 19.1. The number of amides is 1. The molecule has 5 heteroatoms. The summed E-state index contributed by atoms with van der Waals surface area (Å²) >= 11 is 0. The Kier molecular flexibility index (Phi) is 6.14. The number of carbonyl (C=O) groups excluding carboxylic acids is 1. The quantitative estimate of drug-likeness (QED) is 0.524. The summed E-state index contributed by atoms with van der Waals surface area (Å²) < 4.78 is 5.75. The molecule has 3 saturated heterocycles. The Morgan fingerprint density at radius 3 is 2.85 bits per heavy atom. The lowest BCUT2D eigenvalue weighted by molar-refractivity contribution is 0.00168. The van der Waals surface area contributed by atoms with E-state index in [0.29, 0.717) is 29.8 Å². The topological polar surface area (TPSA) is 54.5 Å². The predicted molar refractivity (Wildman–Crippen MR) is 131 cm³/mol. The van der Waals surface area contributed by atoms with Crippen molar-refractivity contribution in [3.05, 3.63) is 84.6 Å². The van der Waals surface area contributed by atoms with Gasteiger partial charge in [-0.3, -0.25) is 14.7 Å². The molecule has 3 aliphatic heterocycles. The molecule has 1 aromatic heterocycles. The zero-order valence-electron chi connectivity index (χ0n) is 19.1. The lowest BCUT2D eigenvalue weighted by Gasteiger charge is -2.51. The minimum absolute atomic E-state index is 0.104. The highest BCUT2D eigenvalue weighted by molar-refractivity contribution is 5.97. The number of rotatable bonds is 7. The van der Waals surface area contributed by atoms with Crippen LogP contribution in [-0.4, -0.2) is 41.5 Å². The van der Waals surface area contributed by atoms with Crippen molar-refractivity contribution in [1.29, 1.82) is 0 Å². The second-order valence-corrected chi connectivity index (χ2v) is 9.04. The summed E-state index contributed by atoms with van der Waals surface area (Å²) in [7, 11) is 0. The summed E-state index contributed by atoms with van der Waals surface area (Å²) in [6.07, 6.45) is 6.21. The van der Waals surface area contributed by atoms with E-state index in [0.717, 1.165) is 36.0 Å². The fourth-order valence-corrected chi connectivity index (χ4v) is 5.65. The second kappa shape index (κ2) is 9.36. The van der Waals surface area contributed by atoms with Gasteiger partial charge in [-0.25, -0.2) is 0 Å². The Morgan fingerprint density at radius 2 is 2.06 bits per heavy atom. The Balaban J connectivity index is 1.54. The molecule has 5 nitrogen and oxygen atoms in total. The molecule has 1 amide bonds. The first-order valence-corrected chi connectivity index (χ1v) is 11.9. The fraction of sp³-hybridized carbons (Fsp3) is 0.357. The van der Waals surface area contributed by atoms with Gasteiger partial charge < -0.3 is 10.1 Å². The predicted octanol–water partition coefficient (Wildman–Crippen LogP) is 5.00. The van der Waals surface area contributed by atoms with Crippen molar-refractivity contribution >= 4 is 16.8 Å². The van der Waals surface area contributed by atoms with Crippen LogP contribution in [0.15, 0.2) is 73.4 Å². The molecular weight excluding hydrogens is 410 g/mol. The van der Waals surface area contributed by atoms with Crippen LogP contribution in [0.1, 0.15) is 41.7 Å². The number of hydrogen-bond donors (Lipinski definition) is 1. The molecule has 2 bridgehead atoms. The molecule has 1 unspecified atom stereocenters. The molecule has 0 saturated carbocycles. The summed E-state index contributed by atoms with van der Waals surface area (Å²) in [5, 5.41) is 4.50. The molecule has 5 atom stereocenters. The highest BCUT2D eigenvalue weighted by atomic mass is 16.5. The standard InChI is InChI=1S/C28H31N3O2/c1-3-19-18-31-16-14-20(19)17-25(31)27(22-13-15-29-24-11-7-5-9-21(22)24)30-28(32)23-10-6-8-12-26(23)33-4-2/h3,5-13,15,19-20,25,27H,1,4,14,16-18H2,2H3,(H,30,32)/t19-,20-,25+,27-/m0/s1. The molecule has 2 aromatic carbocycles. The SMILES string of the molecule is C=C[C@H]1CN2CC[C@H]1C[C@@H]2[C@@H](NC(=O)c1ccccc1OCC)c1ccnc2ccccc12. The minimum Gasteiger partial charge on any atom is -0.493 e. The van der Waals surface area contributed by atoms with E-state index in [1.807, 2.05) is 55.6 Å². The normalized spacial score (nSPS) is 24.9. The molecule has 6 rings (SSSR count). The number of aromatic nitrogens is 1. The molecule has 170 valence electrons. The van der Waals surface area contributed by atoms with Crippen molar-refractivity contribution in [3.8, 4) is 5.75 Å². The number of piperidine rings is 3. The van der Waals surface area contributed by atoms with Gasteiger partial charge in [-0.05, 0) is 68.0 Å². The molecule has 33 heavy (non-hydrogen) atoms. The monoisotopic (exact) mass is 441 g/mol. The van der Waals surface area contributed by atoms with Gasteiger partial charge >= 0.3 is 0 Å². The molecule has 1 N–H and O–H groups in total. The molecule has 3 aliphatic rings. The van der Waals surface area contributed by atoms with Crippen molar-refractivity contribution in [2.75, 3.05) is 19.7 Å². The highest BCUT2D eigenvalue weighted by Gasteiger charge is 2.43. The third-order valence-corrected chi connectivity index (χ3v) is 7.27. The number of benzene rings is 2. The second-order valence-electron chi connectivity index (χ2n) is 9.04. The Hall–Kier alpha value is -3.18. The van der Waals surface area contributed by atoms with Crippen LogP contribution in [0, 0.1) is 11.8 Å². The Morgan fingerprint density at radius 1 is 1.24 bits per heavy atom. The lowest BCUT2D eigenvalue weighted by Crippen LogP contribution is -2.57. The molecular formula is C28H31N3O2. The van der Waals surface area contributed by atoms with Crippen LogP contribution in [0.4, 0.5) is 0 Å². The number of nitrogens with one attached hydrogen (secondary N) is 1. The van der Waals surface area contributed by atoms with E-state index in [1.54, 1.807) is 0 Å². The number of pyridine rings is 1. The fourth-order valence-electron chi connectivity index (χ4n) is 5.65. The van der Waals surface area contributed by atoms with Crippen LogP contribution in [0.25, 0.3) is 10.9 Å². The van der Waals surface area contributed by atoms with E-state index in [-0.39, 0.29) is 18.0 Å². The van der Waals surface area contributed by atoms with Crippen LogP contribution in [0.3, 0.4) is 0 Å². The van der Waals surface area contributed by atoms with E-state index < -0.39 is 0 Å². The first-order chi connectivity index (χ1) is 16.2. The van der Waals surface area contributed by atoms with Crippen LogP contribution in [0.2, 0.25) is 0 Å². The number of ether oxygens (including phenoxy) is 1. The summed E-state index contributed by atoms with van der Waals surface area (Å²) in [4.78, 5) is 20.7. The molecule has 3 aromatic rings. The molecule has 0 spiro atoms. The van der Waals surface area contributed by atoms with E-state index in [2.05, 4.69) is 40.0 Å². The van der Waals surface area contributed by atoms with Crippen LogP contribution < -0.4 is 10.1 Å². The zero-order chi connectivity index (χ0) is 22.8. The van der Waals surface area contributed by atoms with Crippen LogP contribution in [0.5, 0.6) is 5.75 Å². The molecule has 0 radical (unpaired) electrons. The van der Waals surface area contributed by atoms with Gasteiger partial charge in [0.05, 0.1) is 23.7 Å². The van der Waals surface area contributed by atoms with Crippen LogP contribution in [-0.2, 0) is 0 Å². The number of fused-ring (bicyclic) bond motifs is 4. The first kappa shape index (κ1) is 21.7. The minimum atomic E-state index is -0.145. The number of hydrogen-bond acceptors (Lipinski definition) is 4. The van der Waals surface area contributed by atoms with Crippen molar-refractivity contribution in [2.24, 2.45) is 11.8 Å². The summed E-state index contributed by atoms with van der Waals surface area (Å²) in [5.74, 6) is 1.65. The highest BCUT2D eigenvalue weighted by Crippen LogP contribution is 2.42. The lowest BCUT2D eigenvalue weighted by atomic mass is 9.73. The maximum absolute atomic E-state index is 13.6. The number of para-hydroxylation sites is 2. The molecule has 3 fully saturated rings. The smallest absolute Gasteiger partial charge is 0.255 e. The van der Waals surface area contributed by atoms with Gasteiger partial charge in [-0.15, -0.1) is 6.58 Å². The van der Waals surface area contributed by atoms with E-state index in [9.17, 15) is 4.79 Å². The van der Waals surface area contributed by atoms with Gasteiger partial charge in [-0.2, -0.15) is 0 Å². The number of carbonyl (C=O) groups is 1. The van der Waals surface area contributed by atoms with E-state index in [1.165, 1.54) is 6.42 Å². The van der Waals surface area contributed by atoms with Gasteiger partial charge in [0.25, 0.3) is 5.91 Å². The maximum atomic E-state index is 13.6. The largest absolute Gasteiger partial charge is 0.493 e. The van der Waals surface area contributed by atoms with E-state index >= 15 is 0 Å². The number of nitrogens with zero attached hydrogens (tertiary/aromatic N) is 2. The van der Waals surface area contributed by atoms with Gasteiger partial charge in [0.15, 0.2) is 0 Å². The Bertz CT molecular complexity index is 1160. The summed E-state index contributed by atoms with van der Waals surface area (Å²) in [6.45, 7) is 8.58. The van der Waals surface area contributed by atoms with Gasteiger partial charge in [-0.1, -0.05) is 36.4 Å². The van der Waals surface area contributed by atoms with Gasteiger partial charge in [0.2, 0.25) is 0 Å². The van der Waals surface area contributed by atoms with E-state index in [4.69, 9.17) is 4.74 Å². The van der Waals surface area contributed by atoms with Crippen LogP contribution >= 0.6 is 0 Å². The maximum Gasteiger partial charge on any atom is 0.255 e. The first-order valence-electron chi connectivity index (χ1n) is 11.9. The Labute approximate surface area is 195 Å². The van der Waals surface area contributed by atoms with Crippen molar-refractivity contribution in [2.45, 2.75) is 31.8 Å². The summed E-state index contributed by atoms with van der Waals surface area (Å²) in [6, 6.07) is 17.8. The third-order valence-electron chi connectivity index (χ3n) is 7.27. The van der Waals surface area contributed by atoms with Crippen molar-refractivity contribution < 1.29 is 9.53 Å². The molecule has 0 aliphatic carbocycles. The van der Waals surface area contributed by atoms with Gasteiger partial charge in [0.1, 0.15) is 5.75 Å². The van der Waals surface area contributed by atoms with Gasteiger partial charge in [0, 0.05) is 24.2 Å². The average molecular weight is 442 g/mol. The average Bonchev–Trinajstić information content (AvgIpc) is 2.87.